The van der Waals surface area contributed by atoms with E-state index in [1.165, 1.54) is 18.2 Å². The number of para-hydroxylation sites is 1. The zero-order valence-corrected chi connectivity index (χ0v) is 18.1. The van der Waals surface area contributed by atoms with Gasteiger partial charge < -0.3 is 9.47 Å². The molecule has 31 heavy (non-hydrogen) atoms. The molecule has 4 rings (SSSR count). The van der Waals surface area contributed by atoms with E-state index in [0.717, 1.165) is 24.4 Å². The fourth-order valence-corrected chi connectivity index (χ4v) is 5.43. The van der Waals surface area contributed by atoms with E-state index >= 15 is 0 Å². The van der Waals surface area contributed by atoms with Gasteiger partial charge in [0.2, 0.25) is 15.4 Å². The topological polar surface area (TPSA) is 109 Å². The van der Waals surface area contributed by atoms with Crippen molar-refractivity contribution in [2.45, 2.75) is 12.3 Å². The SMILES string of the molecule is COC(=O)C1(C(=O)OC)c2cc(C)ccc2C(=O)c2c1n(S(C)(=O)=O)c1ccccc21. The Morgan fingerprint density at radius 3 is 2.19 bits per heavy atom. The predicted molar refractivity (Wildman–Crippen MR) is 112 cm³/mol. The average Bonchev–Trinajstić information content (AvgIpc) is 3.09. The van der Waals surface area contributed by atoms with Gasteiger partial charge in [-0.25, -0.2) is 12.4 Å². The number of carbonyl (C=O) groups excluding carboxylic acids is 3. The van der Waals surface area contributed by atoms with Crippen molar-refractivity contribution in [3.8, 4) is 0 Å². The van der Waals surface area contributed by atoms with Crippen LogP contribution in [0.25, 0.3) is 10.9 Å². The minimum Gasteiger partial charge on any atom is -0.468 e. The van der Waals surface area contributed by atoms with Crippen molar-refractivity contribution in [2.75, 3.05) is 20.5 Å². The lowest BCUT2D eigenvalue weighted by molar-refractivity contribution is -0.159. The first-order valence-electron chi connectivity index (χ1n) is 9.27. The first kappa shape index (κ1) is 20.8. The van der Waals surface area contributed by atoms with E-state index in [4.69, 9.17) is 9.47 Å². The molecule has 0 bridgehead atoms. The van der Waals surface area contributed by atoms with Gasteiger partial charge in [-0.3, -0.25) is 14.4 Å². The minimum atomic E-state index is -4.07. The molecule has 0 spiro atoms. The molecule has 0 unspecified atom stereocenters. The van der Waals surface area contributed by atoms with Crippen LogP contribution in [-0.4, -0.2) is 50.6 Å². The molecule has 0 fully saturated rings. The number of ketones is 1. The van der Waals surface area contributed by atoms with E-state index in [0.29, 0.717) is 10.9 Å². The van der Waals surface area contributed by atoms with Gasteiger partial charge in [-0.1, -0.05) is 42.0 Å². The summed E-state index contributed by atoms with van der Waals surface area (Å²) in [5, 5.41) is 0.302. The molecule has 0 atom stereocenters. The number of ether oxygens (including phenoxy) is 2. The van der Waals surface area contributed by atoms with Crippen molar-refractivity contribution >= 4 is 38.6 Å². The highest BCUT2D eigenvalue weighted by Crippen LogP contribution is 2.48. The van der Waals surface area contributed by atoms with Crippen molar-refractivity contribution in [3.63, 3.8) is 0 Å². The average molecular weight is 441 g/mol. The number of aromatic nitrogens is 1. The van der Waals surface area contributed by atoms with E-state index in [9.17, 15) is 22.8 Å². The Morgan fingerprint density at radius 1 is 1.00 bits per heavy atom. The highest BCUT2D eigenvalue weighted by atomic mass is 32.2. The van der Waals surface area contributed by atoms with Crippen LogP contribution >= 0.6 is 0 Å². The number of benzene rings is 2. The van der Waals surface area contributed by atoms with E-state index in [2.05, 4.69) is 0 Å². The Morgan fingerprint density at radius 2 is 1.61 bits per heavy atom. The van der Waals surface area contributed by atoms with Crippen LogP contribution in [0.2, 0.25) is 0 Å². The van der Waals surface area contributed by atoms with Crippen molar-refractivity contribution in [1.29, 1.82) is 0 Å². The molecule has 0 saturated heterocycles. The zero-order valence-electron chi connectivity index (χ0n) is 17.3. The smallest absolute Gasteiger partial charge is 0.334 e. The second-order valence-corrected chi connectivity index (χ2v) is 9.21. The zero-order chi connectivity index (χ0) is 22.7. The number of aryl methyl sites for hydroxylation is 1. The maximum Gasteiger partial charge on any atom is 0.334 e. The number of hydrogen-bond acceptors (Lipinski definition) is 7. The van der Waals surface area contributed by atoms with E-state index < -0.39 is 33.2 Å². The normalized spacial score (nSPS) is 14.6. The molecular weight excluding hydrogens is 422 g/mol. The second-order valence-electron chi connectivity index (χ2n) is 7.38. The Bertz CT molecular complexity index is 1380. The first-order chi connectivity index (χ1) is 14.6. The van der Waals surface area contributed by atoms with Gasteiger partial charge in [0.15, 0.2) is 5.78 Å². The van der Waals surface area contributed by atoms with Gasteiger partial charge in [0.05, 0.1) is 37.2 Å². The first-order valence-corrected chi connectivity index (χ1v) is 11.1. The predicted octanol–water partition coefficient (Wildman–Crippen LogP) is 1.93. The summed E-state index contributed by atoms with van der Waals surface area (Å²) >= 11 is 0. The maximum atomic E-state index is 13.6. The minimum absolute atomic E-state index is 0.0245. The largest absolute Gasteiger partial charge is 0.468 e. The summed E-state index contributed by atoms with van der Waals surface area (Å²) in [5.74, 6) is -2.59. The molecule has 1 aliphatic carbocycles. The highest BCUT2D eigenvalue weighted by Gasteiger charge is 2.60. The molecule has 9 heteroatoms. The lowest BCUT2D eigenvalue weighted by Gasteiger charge is -2.35. The van der Waals surface area contributed by atoms with Crippen LogP contribution in [0.1, 0.15) is 32.7 Å². The lowest BCUT2D eigenvalue weighted by atomic mass is 9.68. The number of nitrogens with zero attached hydrogens (tertiary/aromatic N) is 1. The molecule has 2 aromatic carbocycles. The summed E-state index contributed by atoms with van der Waals surface area (Å²) in [6.45, 7) is 1.73. The molecule has 8 nitrogen and oxygen atoms in total. The summed E-state index contributed by atoms with van der Waals surface area (Å²) < 4.78 is 36.7. The van der Waals surface area contributed by atoms with Crippen LogP contribution < -0.4 is 0 Å². The monoisotopic (exact) mass is 441 g/mol. The molecule has 1 heterocycles. The number of methoxy groups -OCH3 is 2. The molecule has 1 aliphatic rings. The van der Waals surface area contributed by atoms with Crippen molar-refractivity contribution in [2.24, 2.45) is 0 Å². The molecule has 0 aliphatic heterocycles. The van der Waals surface area contributed by atoms with Crippen LogP contribution in [0.4, 0.5) is 0 Å². The van der Waals surface area contributed by atoms with E-state index in [1.807, 2.05) is 0 Å². The van der Waals surface area contributed by atoms with Gasteiger partial charge in [0.25, 0.3) is 0 Å². The lowest BCUT2D eigenvalue weighted by Crippen LogP contribution is -2.52. The van der Waals surface area contributed by atoms with Gasteiger partial charge in [-0.15, -0.1) is 0 Å². The van der Waals surface area contributed by atoms with Gasteiger partial charge in [-0.05, 0) is 18.6 Å². The summed E-state index contributed by atoms with van der Waals surface area (Å²) in [6, 6.07) is 11.0. The van der Waals surface area contributed by atoms with Gasteiger partial charge in [0, 0.05) is 10.9 Å². The van der Waals surface area contributed by atoms with Crippen molar-refractivity contribution in [1.82, 2.24) is 3.97 Å². The van der Waals surface area contributed by atoms with Crippen LogP contribution in [0.5, 0.6) is 0 Å². The number of carbonyl (C=O) groups is 3. The molecule has 0 N–H and O–H groups in total. The number of rotatable bonds is 3. The fraction of sp³-hybridized carbons (Fsp3) is 0.227. The highest BCUT2D eigenvalue weighted by molar-refractivity contribution is 7.89. The molecule has 0 saturated carbocycles. The Labute approximate surface area is 178 Å². The third-order valence-electron chi connectivity index (χ3n) is 5.55. The van der Waals surface area contributed by atoms with Crippen LogP contribution in [0.15, 0.2) is 42.5 Å². The third kappa shape index (κ3) is 2.59. The molecule has 1 aromatic heterocycles. The molecule has 0 radical (unpaired) electrons. The summed E-state index contributed by atoms with van der Waals surface area (Å²) in [4.78, 5) is 40.3. The van der Waals surface area contributed by atoms with E-state index in [1.54, 1.807) is 31.2 Å². The standard InChI is InChI=1S/C22H19NO7S/c1-12-9-10-13-15(11-12)22(20(25)29-2,21(26)30-3)19-17(18(13)24)14-7-5-6-8-16(14)23(19)31(4,27)28/h5-11H,1-4H3. The molecule has 0 amide bonds. The maximum absolute atomic E-state index is 13.6. The Kier molecular flexibility index (Phi) is 4.55. The van der Waals surface area contributed by atoms with Crippen LogP contribution in [0.3, 0.4) is 0 Å². The number of fused-ring (bicyclic) bond motifs is 4. The van der Waals surface area contributed by atoms with Crippen molar-refractivity contribution < 1.29 is 32.3 Å². The molecular formula is C22H19NO7S. The second kappa shape index (κ2) is 6.78. The number of hydrogen-bond donors (Lipinski definition) is 0. The van der Waals surface area contributed by atoms with Crippen LogP contribution in [-0.2, 0) is 34.5 Å². The summed E-state index contributed by atoms with van der Waals surface area (Å²) in [5.41, 5.74) is -1.69. The van der Waals surface area contributed by atoms with Gasteiger partial charge in [0.1, 0.15) is 0 Å². The molecule has 3 aromatic rings. The summed E-state index contributed by atoms with van der Waals surface area (Å²) in [7, 11) is -1.89. The molecule has 160 valence electrons. The summed E-state index contributed by atoms with van der Waals surface area (Å²) in [6.07, 6.45) is 0.940. The Hall–Kier alpha value is -3.46. The van der Waals surface area contributed by atoms with Crippen LogP contribution in [0, 0.1) is 6.92 Å². The fourth-order valence-electron chi connectivity index (χ4n) is 4.36. The van der Waals surface area contributed by atoms with Gasteiger partial charge in [-0.2, -0.15) is 0 Å². The van der Waals surface area contributed by atoms with Gasteiger partial charge >= 0.3 is 11.9 Å². The van der Waals surface area contributed by atoms with E-state index in [-0.39, 0.29) is 27.9 Å². The Balaban J connectivity index is 2.38. The third-order valence-corrected chi connectivity index (χ3v) is 6.60. The van der Waals surface area contributed by atoms with Crippen molar-refractivity contribution in [3.05, 3.63) is 70.4 Å². The number of esters is 2. The quantitative estimate of drug-likeness (QED) is 0.451.